The molecule has 4 heteroatoms. The smallest absolute Gasteiger partial charge is 0.133 e. The number of rotatable bonds is 3. The van der Waals surface area contributed by atoms with Gasteiger partial charge in [-0.3, -0.25) is 0 Å². The van der Waals surface area contributed by atoms with E-state index in [0.717, 1.165) is 24.6 Å². The summed E-state index contributed by atoms with van der Waals surface area (Å²) in [4.78, 5) is 0. The maximum absolute atomic E-state index is 5.90. The third-order valence-corrected chi connectivity index (χ3v) is 4.51. The van der Waals surface area contributed by atoms with Gasteiger partial charge >= 0.3 is 0 Å². The van der Waals surface area contributed by atoms with Gasteiger partial charge in [0.2, 0.25) is 0 Å². The van der Waals surface area contributed by atoms with Crippen molar-refractivity contribution in [3.63, 3.8) is 0 Å². The Hall–Kier alpha value is -0.870. The van der Waals surface area contributed by atoms with Crippen molar-refractivity contribution in [1.82, 2.24) is 10.5 Å². The molecule has 0 bridgehead atoms. The van der Waals surface area contributed by atoms with E-state index in [9.17, 15) is 0 Å². The molecular weight excluding hydrogens is 228 g/mol. The topological polar surface area (TPSA) is 47.3 Å². The lowest BCUT2D eigenvalue weighted by Crippen LogP contribution is -2.69. The average Bonchev–Trinajstić information content (AvgIpc) is 2.75. The summed E-state index contributed by atoms with van der Waals surface area (Å²) in [7, 11) is 0. The Morgan fingerprint density at radius 1 is 1.50 bits per heavy atom. The van der Waals surface area contributed by atoms with Crippen LogP contribution in [0.15, 0.2) is 10.6 Å². The third kappa shape index (κ3) is 1.88. The Morgan fingerprint density at radius 2 is 2.33 bits per heavy atom. The largest absolute Gasteiger partial charge is 0.377 e. The number of ether oxygens (including phenoxy) is 1. The number of nitrogens with zero attached hydrogens (tertiary/aromatic N) is 1. The van der Waals surface area contributed by atoms with Crippen LogP contribution in [0.1, 0.15) is 38.1 Å². The summed E-state index contributed by atoms with van der Waals surface area (Å²) >= 11 is 0. The molecule has 100 valence electrons. The number of aryl methyl sites for hydroxylation is 1. The van der Waals surface area contributed by atoms with Gasteiger partial charge in [-0.15, -0.1) is 0 Å². The minimum Gasteiger partial charge on any atom is -0.377 e. The molecule has 1 aliphatic carbocycles. The molecule has 2 fully saturated rings. The molecule has 1 saturated carbocycles. The zero-order valence-electron chi connectivity index (χ0n) is 11.4. The van der Waals surface area contributed by atoms with Crippen molar-refractivity contribution in [1.29, 1.82) is 0 Å². The molecule has 1 N–H and O–H groups in total. The number of aromatic nitrogens is 1. The highest BCUT2D eigenvalue weighted by atomic mass is 16.5. The van der Waals surface area contributed by atoms with Crippen molar-refractivity contribution in [3.05, 3.63) is 17.5 Å². The third-order valence-electron chi connectivity index (χ3n) is 4.51. The summed E-state index contributed by atoms with van der Waals surface area (Å²) in [5.74, 6) is 1.54. The lowest BCUT2D eigenvalue weighted by Gasteiger charge is -2.60. The maximum Gasteiger partial charge on any atom is 0.133 e. The second-order valence-electron chi connectivity index (χ2n) is 6.21. The fourth-order valence-electron chi connectivity index (χ4n) is 3.65. The van der Waals surface area contributed by atoms with E-state index in [1.807, 2.05) is 13.0 Å². The van der Waals surface area contributed by atoms with Crippen LogP contribution in [0.5, 0.6) is 0 Å². The summed E-state index contributed by atoms with van der Waals surface area (Å²) in [6, 6.07) is 2.52. The first-order chi connectivity index (χ1) is 8.59. The van der Waals surface area contributed by atoms with Gasteiger partial charge in [-0.1, -0.05) is 19.0 Å². The van der Waals surface area contributed by atoms with E-state index in [-0.39, 0.29) is 5.41 Å². The Labute approximate surface area is 108 Å². The predicted octanol–water partition coefficient (Wildman–Crippen LogP) is 2.28. The van der Waals surface area contributed by atoms with E-state index in [2.05, 4.69) is 24.3 Å². The fourth-order valence-corrected chi connectivity index (χ4v) is 3.65. The minimum absolute atomic E-state index is 0.226. The van der Waals surface area contributed by atoms with Gasteiger partial charge < -0.3 is 14.6 Å². The zero-order chi connectivity index (χ0) is 12.8. The van der Waals surface area contributed by atoms with Crippen LogP contribution < -0.4 is 5.32 Å². The van der Waals surface area contributed by atoms with Gasteiger partial charge in [0.05, 0.1) is 11.8 Å². The summed E-state index contributed by atoms with van der Waals surface area (Å²) in [5.41, 5.74) is 1.22. The minimum atomic E-state index is 0.226. The van der Waals surface area contributed by atoms with Crippen LogP contribution in [0.25, 0.3) is 0 Å². The molecule has 1 aliphatic heterocycles. The van der Waals surface area contributed by atoms with E-state index < -0.39 is 0 Å². The molecule has 4 nitrogen and oxygen atoms in total. The number of hydrogen-bond donors (Lipinski definition) is 1. The van der Waals surface area contributed by atoms with Gasteiger partial charge in [-0.2, -0.15) is 0 Å². The van der Waals surface area contributed by atoms with Crippen LogP contribution in [0, 0.1) is 18.3 Å². The van der Waals surface area contributed by atoms with E-state index in [1.54, 1.807) is 0 Å². The second-order valence-corrected chi connectivity index (χ2v) is 6.21. The van der Waals surface area contributed by atoms with E-state index >= 15 is 0 Å². The molecule has 0 aromatic carbocycles. The first-order valence-corrected chi connectivity index (χ1v) is 6.86. The number of fused-ring (bicyclic) bond motifs is 1. The van der Waals surface area contributed by atoms with Gasteiger partial charge in [-0.05, 0) is 19.8 Å². The lowest BCUT2D eigenvalue weighted by molar-refractivity contribution is -0.193. The van der Waals surface area contributed by atoms with Crippen molar-refractivity contribution in [3.8, 4) is 0 Å². The number of hydrogen-bond acceptors (Lipinski definition) is 4. The molecule has 1 aromatic heterocycles. The maximum atomic E-state index is 5.90. The van der Waals surface area contributed by atoms with Crippen LogP contribution in [0.4, 0.5) is 0 Å². The summed E-state index contributed by atoms with van der Waals surface area (Å²) in [5, 5.41) is 7.66. The predicted molar refractivity (Wildman–Crippen MR) is 68.1 cm³/mol. The molecular formula is C14H22N2O2. The summed E-state index contributed by atoms with van der Waals surface area (Å²) in [6.07, 6.45) is 2.91. The first kappa shape index (κ1) is 12.2. The second kappa shape index (κ2) is 4.35. The van der Waals surface area contributed by atoms with Crippen LogP contribution in [0.2, 0.25) is 0 Å². The Morgan fingerprint density at radius 3 is 3.06 bits per heavy atom. The molecule has 1 aromatic rings. The highest BCUT2D eigenvalue weighted by Crippen LogP contribution is 2.51. The Balaban J connectivity index is 1.62. The van der Waals surface area contributed by atoms with Gasteiger partial charge in [0.15, 0.2) is 0 Å². The standard InChI is InChI=1S/C14H22N2O2/c1-9-7-10(16-18-9)8-15-12-11-5-4-6-17-13(11)14(12,2)3/h7,11-13,15H,4-6,8H2,1-3H3. The zero-order valence-corrected chi connectivity index (χ0v) is 11.4. The molecule has 1 saturated heterocycles. The van der Waals surface area contributed by atoms with E-state index in [0.29, 0.717) is 18.1 Å². The number of nitrogens with one attached hydrogen (secondary N) is 1. The van der Waals surface area contributed by atoms with E-state index in [4.69, 9.17) is 9.26 Å². The van der Waals surface area contributed by atoms with Crippen LogP contribution in [0.3, 0.4) is 0 Å². The normalized spacial score (nSPS) is 33.8. The monoisotopic (exact) mass is 250 g/mol. The van der Waals surface area contributed by atoms with Gasteiger partial charge in [0, 0.05) is 36.6 Å². The van der Waals surface area contributed by atoms with Crippen molar-refractivity contribution < 1.29 is 9.26 Å². The highest BCUT2D eigenvalue weighted by molar-refractivity contribution is 5.11. The molecule has 18 heavy (non-hydrogen) atoms. The fraction of sp³-hybridized carbons (Fsp3) is 0.786. The van der Waals surface area contributed by atoms with E-state index in [1.165, 1.54) is 12.8 Å². The van der Waals surface area contributed by atoms with Crippen molar-refractivity contribution in [2.24, 2.45) is 11.3 Å². The van der Waals surface area contributed by atoms with Crippen molar-refractivity contribution in [2.45, 2.75) is 52.3 Å². The first-order valence-electron chi connectivity index (χ1n) is 6.86. The van der Waals surface area contributed by atoms with Crippen LogP contribution >= 0.6 is 0 Å². The quantitative estimate of drug-likeness (QED) is 0.894. The molecule has 0 amide bonds. The SMILES string of the molecule is Cc1cc(CNC2C3CCCOC3C2(C)C)no1. The Bertz CT molecular complexity index is 427. The van der Waals surface area contributed by atoms with Crippen molar-refractivity contribution >= 4 is 0 Å². The Kier molecular flexibility index (Phi) is 2.94. The van der Waals surface area contributed by atoms with Gasteiger partial charge in [-0.25, -0.2) is 0 Å². The molecule has 0 radical (unpaired) electrons. The molecule has 3 unspecified atom stereocenters. The summed E-state index contributed by atoms with van der Waals surface area (Å²) in [6.45, 7) is 8.24. The molecule has 3 atom stereocenters. The molecule has 2 heterocycles. The molecule has 2 aliphatic rings. The van der Waals surface area contributed by atoms with Gasteiger partial charge in [0.25, 0.3) is 0 Å². The van der Waals surface area contributed by atoms with Gasteiger partial charge in [0.1, 0.15) is 5.76 Å². The molecule has 0 spiro atoms. The lowest BCUT2D eigenvalue weighted by atomic mass is 9.55. The highest BCUT2D eigenvalue weighted by Gasteiger charge is 2.57. The van der Waals surface area contributed by atoms with Crippen LogP contribution in [-0.4, -0.2) is 23.9 Å². The molecule has 3 rings (SSSR count). The summed E-state index contributed by atoms with van der Waals surface area (Å²) < 4.78 is 11.0. The van der Waals surface area contributed by atoms with Crippen LogP contribution in [-0.2, 0) is 11.3 Å². The average molecular weight is 250 g/mol. The van der Waals surface area contributed by atoms with Crippen molar-refractivity contribution in [2.75, 3.05) is 6.61 Å².